The Morgan fingerprint density at radius 3 is 2.20 bits per heavy atom. The van der Waals surface area contributed by atoms with Gasteiger partial charge in [0.15, 0.2) is 0 Å². The second-order valence-electron chi connectivity index (χ2n) is 12.3. The highest BCUT2D eigenvalue weighted by molar-refractivity contribution is 7.26. The van der Waals surface area contributed by atoms with Crippen molar-refractivity contribution >= 4 is 70.3 Å². The zero-order valence-corrected chi connectivity index (χ0v) is 28.8. The molecular formula is C47H36N2S. The third kappa shape index (κ3) is 5.29. The van der Waals surface area contributed by atoms with E-state index in [1.165, 1.54) is 53.1 Å². The molecule has 6 aromatic carbocycles. The molecule has 0 fully saturated rings. The van der Waals surface area contributed by atoms with Gasteiger partial charge in [-0.3, -0.25) is 0 Å². The standard InChI is InChI=1S/C47H36N2S/c1-5-14-33(15-6-2)34-22-26-38(27-23-34)48(32(4)7-3)43-20-13-21-46-47(43)41-30-35(25-29-45(41)50-46)36-24-28-40-39-18-11-12-19-42(39)49(44(40)31-36)37-16-9-8-10-17-37/h5-31H,1,3-4H2,2H3/b15-6-,33-14+. The first kappa shape index (κ1) is 31.1. The number of benzene rings is 6. The van der Waals surface area contributed by atoms with E-state index in [1.54, 1.807) is 0 Å². The predicted octanol–water partition coefficient (Wildman–Crippen LogP) is 13.8. The van der Waals surface area contributed by atoms with Crippen LogP contribution in [0.2, 0.25) is 0 Å². The number of para-hydroxylation sites is 2. The summed E-state index contributed by atoms with van der Waals surface area (Å²) in [6, 6.07) is 48.2. The number of fused-ring (bicyclic) bond motifs is 6. The van der Waals surface area contributed by atoms with E-state index in [0.717, 1.165) is 33.9 Å². The van der Waals surface area contributed by atoms with Gasteiger partial charge >= 0.3 is 0 Å². The van der Waals surface area contributed by atoms with Crippen LogP contribution in [0.1, 0.15) is 12.5 Å². The fraction of sp³-hybridized carbons (Fsp3) is 0.0213. The van der Waals surface area contributed by atoms with Crippen molar-refractivity contribution in [3.63, 3.8) is 0 Å². The highest BCUT2D eigenvalue weighted by atomic mass is 32.1. The second kappa shape index (κ2) is 13.0. The maximum absolute atomic E-state index is 4.43. The topological polar surface area (TPSA) is 8.17 Å². The van der Waals surface area contributed by atoms with Gasteiger partial charge in [-0.25, -0.2) is 0 Å². The first-order chi connectivity index (χ1) is 24.6. The van der Waals surface area contributed by atoms with E-state index in [-0.39, 0.29) is 0 Å². The van der Waals surface area contributed by atoms with Gasteiger partial charge in [0.2, 0.25) is 0 Å². The van der Waals surface area contributed by atoms with Gasteiger partial charge in [-0.05, 0) is 95.9 Å². The number of anilines is 2. The molecule has 0 aliphatic heterocycles. The van der Waals surface area contributed by atoms with Crippen molar-refractivity contribution in [2.24, 2.45) is 0 Å². The van der Waals surface area contributed by atoms with Crippen LogP contribution >= 0.6 is 11.3 Å². The fourth-order valence-corrected chi connectivity index (χ4v) is 8.19. The molecule has 0 saturated heterocycles. The summed E-state index contributed by atoms with van der Waals surface area (Å²) >= 11 is 1.82. The van der Waals surface area contributed by atoms with Gasteiger partial charge in [-0.1, -0.05) is 117 Å². The molecule has 2 aromatic heterocycles. The minimum atomic E-state index is 0.815. The van der Waals surface area contributed by atoms with Crippen molar-refractivity contribution in [2.45, 2.75) is 6.92 Å². The predicted molar refractivity (Wildman–Crippen MR) is 220 cm³/mol. The molecular weight excluding hydrogens is 625 g/mol. The highest BCUT2D eigenvalue weighted by Gasteiger charge is 2.19. The second-order valence-corrected chi connectivity index (χ2v) is 13.4. The fourth-order valence-electron chi connectivity index (χ4n) is 7.09. The van der Waals surface area contributed by atoms with E-state index in [1.807, 2.05) is 42.6 Å². The van der Waals surface area contributed by atoms with Crippen molar-refractivity contribution in [1.29, 1.82) is 0 Å². The minimum Gasteiger partial charge on any atom is -0.310 e. The van der Waals surface area contributed by atoms with Crippen LogP contribution in [0, 0.1) is 0 Å². The van der Waals surface area contributed by atoms with Crippen LogP contribution in [-0.2, 0) is 0 Å². The molecule has 0 saturated carbocycles. The van der Waals surface area contributed by atoms with Crippen LogP contribution in [0.25, 0.3) is 64.4 Å². The van der Waals surface area contributed by atoms with E-state index in [2.05, 4.69) is 169 Å². The number of thiophene rings is 1. The Kier molecular flexibility index (Phi) is 8.12. The largest absolute Gasteiger partial charge is 0.310 e. The molecule has 2 heterocycles. The third-order valence-electron chi connectivity index (χ3n) is 9.36. The lowest BCUT2D eigenvalue weighted by molar-refractivity contribution is 1.18. The first-order valence-corrected chi connectivity index (χ1v) is 17.6. The molecule has 3 heteroatoms. The maximum Gasteiger partial charge on any atom is 0.0554 e. The summed E-state index contributed by atoms with van der Waals surface area (Å²) < 4.78 is 4.86. The molecule has 0 radical (unpaired) electrons. The van der Waals surface area contributed by atoms with Gasteiger partial charge in [0.05, 0.1) is 16.7 Å². The average Bonchev–Trinajstić information content (AvgIpc) is 3.71. The van der Waals surface area contributed by atoms with Crippen LogP contribution in [0.3, 0.4) is 0 Å². The number of nitrogens with zero attached hydrogens (tertiary/aromatic N) is 2. The molecule has 0 aliphatic carbocycles. The van der Waals surface area contributed by atoms with Crippen molar-refractivity contribution in [1.82, 2.24) is 4.57 Å². The summed E-state index contributed by atoms with van der Waals surface area (Å²) in [5.41, 5.74) is 11.1. The molecule has 0 unspecified atom stereocenters. The summed E-state index contributed by atoms with van der Waals surface area (Å²) in [5, 5.41) is 4.94. The van der Waals surface area contributed by atoms with Crippen molar-refractivity contribution < 1.29 is 0 Å². The van der Waals surface area contributed by atoms with Crippen LogP contribution in [0.4, 0.5) is 11.4 Å². The Bertz CT molecular complexity index is 2650. The number of hydrogen-bond donors (Lipinski definition) is 0. The Balaban J connectivity index is 1.29. The summed E-state index contributed by atoms with van der Waals surface area (Å²) in [6.07, 6.45) is 9.84. The first-order valence-electron chi connectivity index (χ1n) is 16.8. The molecule has 0 N–H and O–H groups in total. The van der Waals surface area contributed by atoms with Crippen molar-refractivity contribution in [3.05, 3.63) is 195 Å². The molecule has 240 valence electrons. The van der Waals surface area contributed by atoms with Gasteiger partial charge in [-0.2, -0.15) is 0 Å². The Morgan fingerprint density at radius 2 is 1.42 bits per heavy atom. The molecule has 0 amide bonds. The SMILES string of the molecule is C=C/C=C(\C=C/C)c1ccc(N(C(=C)C=C)c2cccc3sc4ccc(-c5ccc6c7ccccc7n(-c7ccccc7)c6c5)cc4c23)cc1. The molecule has 0 atom stereocenters. The Morgan fingerprint density at radius 1 is 0.680 bits per heavy atom. The quantitative estimate of drug-likeness (QED) is 0.140. The zero-order chi connectivity index (χ0) is 34.2. The van der Waals surface area contributed by atoms with Gasteiger partial charge in [0.1, 0.15) is 0 Å². The van der Waals surface area contributed by atoms with Crippen LogP contribution < -0.4 is 4.90 Å². The Hall–Kier alpha value is -6.16. The lowest BCUT2D eigenvalue weighted by Gasteiger charge is -2.26. The lowest BCUT2D eigenvalue weighted by Crippen LogP contribution is -2.14. The minimum absolute atomic E-state index is 0.815. The zero-order valence-electron chi connectivity index (χ0n) is 28.0. The van der Waals surface area contributed by atoms with E-state index in [0.29, 0.717) is 0 Å². The molecule has 0 spiro atoms. The highest BCUT2D eigenvalue weighted by Crippen LogP contribution is 2.45. The van der Waals surface area contributed by atoms with Gasteiger partial charge in [0, 0.05) is 48.0 Å². The maximum atomic E-state index is 4.43. The van der Waals surface area contributed by atoms with E-state index >= 15 is 0 Å². The normalized spacial score (nSPS) is 12.0. The summed E-state index contributed by atoms with van der Waals surface area (Å²) in [7, 11) is 0. The third-order valence-corrected chi connectivity index (χ3v) is 10.5. The van der Waals surface area contributed by atoms with Gasteiger partial charge in [-0.15, -0.1) is 11.3 Å². The lowest BCUT2D eigenvalue weighted by atomic mass is 10.00. The van der Waals surface area contributed by atoms with Crippen LogP contribution in [0.15, 0.2) is 189 Å². The monoisotopic (exact) mass is 660 g/mol. The van der Waals surface area contributed by atoms with E-state index in [9.17, 15) is 0 Å². The molecule has 0 bridgehead atoms. The molecule has 8 aromatic rings. The van der Waals surface area contributed by atoms with Gasteiger partial charge < -0.3 is 9.47 Å². The van der Waals surface area contributed by atoms with Gasteiger partial charge in [0.25, 0.3) is 0 Å². The Labute approximate surface area is 297 Å². The van der Waals surface area contributed by atoms with Crippen molar-refractivity contribution in [2.75, 3.05) is 4.90 Å². The van der Waals surface area contributed by atoms with E-state index < -0.39 is 0 Å². The van der Waals surface area contributed by atoms with E-state index in [4.69, 9.17) is 0 Å². The van der Waals surface area contributed by atoms with Crippen LogP contribution in [-0.4, -0.2) is 4.57 Å². The molecule has 2 nitrogen and oxygen atoms in total. The number of aromatic nitrogens is 1. The molecule has 0 aliphatic rings. The summed E-state index contributed by atoms with van der Waals surface area (Å²) in [6.45, 7) is 14.5. The number of hydrogen-bond acceptors (Lipinski definition) is 2. The number of allylic oxidation sites excluding steroid dienone is 6. The smallest absolute Gasteiger partial charge is 0.0554 e. The summed E-state index contributed by atoms with van der Waals surface area (Å²) in [4.78, 5) is 2.22. The molecule has 50 heavy (non-hydrogen) atoms. The van der Waals surface area contributed by atoms with Crippen molar-refractivity contribution in [3.8, 4) is 16.8 Å². The number of rotatable bonds is 9. The molecule has 8 rings (SSSR count). The van der Waals surface area contributed by atoms with Crippen LogP contribution in [0.5, 0.6) is 0 Å². The summed E-state index contributed by atoms with van der Waals surface area (Å²) in [5.74, 6) is 0. The average molecular weight is 661 g/mol.